The van der Waals surface area contributed by atoms with Crippen molar-refractivity contribution in [3.63, 3.8) is 0 Å². The smallest absolute Gasteiger partial charge is 0.117 e. The molecule has 4 rings (SSSR count). The third-order valence-corrected chi connectivity index (χ3v) is 4.95. The van der Waals surface area contributed by atoms with E-state index in [1.54, 1.807) is 0 Å². The summed E-state index contributed by atoms with van der Waals surface area (Å²) in [6.07, 6.45) is 0. The molecule has 3 heteroatoms. The molecule has 4 aromatic rings. The Labute approximate surface area is 137 Å². The van der Waals surface area contributed by atoms with Crippen LogP contribution in [0.5, 0.6) is 0 Å². The lowest BCUT2D eigenvalue weighted by atomic mass is 9.83. The summed E-state index contributed by atoms with van der Waals surface area (Å²) >= 11 is 2.25. The van der Waals surface area contributed by atoms with Gasteiger partial charge in [0, 0.05) is 9.26 Å². The van der Waals surface area contributed by atoms with E-state index in [2.05, 4.69) is 71.1 Å². The number of nitrogen functional groups attached to an aromatic ring is 1. The molecule has 0 fully saturated rings. The van der Waals surface area contributed by atoms with E-state index in [9.17, 15) is 0 Å². The summed E-state index contributed by atoms with van der Waals surface area (Å²) in [4.78, 5) is 0. The highest BCUT2D eigenvalue weighted by Gasteiger charge is 2.12. The van der Waals surface area contributed by atoms with Gasteiger partial charge in [0.15, 0.2) is 0 Å². The van der Waals surface area contributed by atoms with Gasteiger partial charge < -0.3 is 5.73 Å². The Morgan fingerprint density at radius 1 is 0.762 bits per heavy atom. The minimum absolute atomic E-state index is 0.670. The molecule has 2 radical (unpaired) electrons. The SMILES string of the molecule is [B]c1c(N)c(I)cc2c3ccccc3c3ccccc3c12. The van der Waals surface area contributed by atoms with Gasteiger partial charge in [0.25, 0.3) is 0 Å². The minimum Gasteiger partial charge on any atom is -0.398 e. The van der Waals surface area contributed by atoms with E-state index < -0.39 is 0 Å². The summed E-state index contributed by atoms with van der Waals surface area (Å²) in [6, 6.07) is 19.0. The van der Waals surface area contributed by atoms with Crippen LogP contribution in [-0.4, -0.2) is 7.85 Å². The Bertz CT molecular complexity index is 1020. The molecule has 0 bridgehead atoms. The van der Waals surface area contributed by atoms with E-state index in [1.165, 1.54) is 21.5 Å². The molecule has 0 amide bonds. The van der Waals surface area contributed by atoms with Crippen LogP contribution in [0.2, 0.25) is 0 Å². The van der Waals surface area contributed by atoms with E-state index in [-0.39, 0.29) is 0 Å². The molecule has 0 saturated heterocycles. The maximum absolute atomic E-state index is 6.35. The van der Waals surface area contributed by atoms with Crippen molar-refractivity contribution in [1.82, 2.24) is 0 Å². The molecule has 2 N–H and O–H groups in total. The summed E-state index contributed by atoms with van der Waals surface area (Å²) < 4.78 is 0.998. The average Bonchev–Trinajstić information content (AvgIpc) is 2.52. The van der Waals surface area contributed by atoms with Crippen molar-refractivity contribution in [3.05, 3.63) is 58.2 Å². The number of hydrogen-bond acceptors (Lipinski definition) is 1. The van der Waals surface area contributed by atoms with Crippen LogP contribution in [0, 0.1) is 3.57 Å². The molecule has 0 heterocycles. The second-order valence-corrected chi connectivity index (χ2v) is 6.36. The molecule has 21 heavy (non-hydrogen) atoms. The summed E-state index contributed by atoms with van der Waals surface area (Å²) in [7, 11) is 6.35. The van der Waals surface area contributed by atoms with Gasteiger partial charge in [-0.2, -0.15) is 0 Å². The molecule has 0 unspecified atom stereocenters. The van der Waals surface area contributed by atoms with E-state index in [1.807, 2.05) is 6.07 Å². The molecule has 0 spiro atoms. The van der Waals surface area contributed by atoms with Crippen LogP contribution < -0.4 is 11.2 Å². The summed E-state index contributed by atoms with van der Waals surface area (Å²) in [5, 5.41) is 7.07. The second kappa shape index (κ2) is 4.63. The van der Waals surface area contributed by atoms with Crippen LogP contribution in [0.1, 0.15) is 0 Å². The number of rotatable bonds is 0. The zero-order valence-electron chi connectivity index (χ0n) is 11.2. The van der Waals surface area contributed by atoms with Gasteiger partial charge in [0.05, 0.1) is 0 Å². The normalized spacial score (nSPS) is 11.5. The molecule has 0 aromatic heterocycles. The largest absolute Gasteiger partial charge is 0.398 e. The van der Waals surface area contributed by atoms with E-state index in [0.29, 0.717) is 11.2 Å². The maximum Gasteiger partial charge on any atom is 0.117 e. The molecule has 4 aromatic carbocycles. The lowest BCUT2D eigenvalue weighted by molar-refractivity contribution is 1.73. The fourth-order valence-electron chi connectivity index (χ4n) is 3.08. The number of hydrogen-bond donors (Lipinski definition) is 1. The highest BCUT2D eigenvalue weighted by Crippen LogP contribution is 2.35. The average molecular weight is 379 g/mol. The van der Waals surface area contributed by atoms with Gasteiger partial charge in [-0.25, -0.2) is 0 Å². The van der Waals surface area contributed by atoms with Gasteiger partial charge in [-0.1, -0.05) is 54.0 Å². The lowest BCUT2D eigenvalue weighted by Crippen LogP contribution is -2.13. The Balaban J connectivity index is 2.46. The van der Waals surface area contributed by atoms with E-state index in [0.717, 1.165) is 14.3 Å². The molecule has 0 aliphatic heterocycles. The van der Waals surface area contributed by atoms with Crippen LogP contribution in [0.4, 0.5) is 5.69 Å². The topological polar surface area (TPSA) is 26.0 Å². The van der Waals surface area contributed by atoms with Crippen LogP contribution in [0.3, 0.4) is 0 Å². The van der Waals surface area contributed by atoms with Crippen molar-refractivity contribution < 1.29 is 0 Å². The standard InChI is InChI=1S/C18H11BIN/c19-17-16-13-8-4-3-6-11(13)10-5-1-2-7-12(10)14(16)9-15(20)18(17)21/h1-9H,21H2. The molecular weight excluding hydrogens is 368 g/mol. The molecule has 1 nitrogen and oxygen atoms in total. The third kappa shape index (κ3) is 1.77. The van der Waals surface area contributed by atoms with Gasteiger partial charge in [-0.05, 0) is 61.0 Å². The van der Waals surface area contributed by atoms with Gasteiger partial charge in [-0.15, -0.1) is 0 Å². The van der Waals surface area contributed by atoms with Crippen LogP contribution in [-0.2, 0) is 0 Å². The fraction of sp³-hybridized carbons (Fsp3) is 0. The van der Waals surface area contributed by atoms with Crippen LogP contribution in [0.25, 0.3) is 32.3 Å². The molecule has 0 saturated carbocycles. The van der Waals surface area contributed by atoms with Crippen molar-refractivity contribution >= 4 is 73.9 Å². The first-order chi connectivity index (χ1) is 10.2. The van der Waals surface area contributed by atoms with Crippen LogP contribution in [0.15, 0.2) is 54.6 Å². The Kier molecular flexibility index (Phi) is 2.86. The van der Waals surface area contributed by atoms with Gasteiger partial charge in [0.1, 0.15) is 7.85 Å². The predicted octanol–water partition coefficient (Wildman–Crippen LogP) is 4.13. The summed E-state index contributed by atoms with van der Waals surface area (Å²) in [5.41, 5.74) is 7.50. The van der Waals surface area contributed by atoms with Gasteiger partial charge in [0.2, 0.25) is 0 Å². The predicted molar refractivity (Wildman–Crippen MR) is 101 cm³/mol. The molecule has 98 valence electrons. The number of halogens is 1. The van der Waals surface area contributed by atoms with Gasteiger partial charge >= 0.3 is 0 Å². The first-order valence-corrected chi connectivity index (χ1v) is 7.83. The quantitative estimate of drug-likeness (QED) is 0.212. The van der Waals surface area contributed by atoms with Crippen molar-refractivity contribution in [2.75, 3.05) is 5.73 Å². The second-order valence-electron chi connectivity index (χ2n) is 5.20. The molecular formula is C18H11BIN. The first-order valence-electron chi connectivity index (χ1n) is 6.75. The van der Waals surface area contributed by atoms with E-state index in [4.69, 9.17) is 13.6 Å². The maximum atomic E-state index is 6.35. The van der Waals surface area contributed by atoms with Gasteiger partial charge in [-0.3, -0.25) is 0 Å². The van der Waals surface area contributed by atoms with Crippen molar-refractivity contribution in [1.29, 1.82) is 0 Å². The van der Waals surface area contributed by atoms with Crippen LogP contribution >= 0.6 is 22.6 Å². The third-order valence-electron chi connectivity index (χ3n) is 4.06. The monoisotopic (exact) mass is 379 g/mol. The van der Waals surface area contributed by atoms with E-state index >= 15 is 0 Å². The Hall–Kier alpha value is -1.75. The zero-order chi connectivity index (χ0) is 14.6. The Morgan fingerprint density at radius 2 is 1.24 bits per heavy atom. The Morgan fingerprint density at radius 3 is 1.86 bits per heavy atom. The fourth-order valence-corrected chi connectivity index (χ4v) is 3.68. The summed E-state index contributed by atoms with van der Waals surface area (Å²) in [5.74, 6) is 0. The van der Waals surface area contributed by atoms with Crippen molar-refractivity contribution in [3.8, 4) is 0 Å². The first kappa shape index (κ1) is 13.0. The molecule has 0 aliphatic rings. The number of benzene rings is 4. The number of anilines is 1. The zero-order valence-corrected chi connectivity index (χ0v) is 13.4. The molecule has 0 aliphatic carbocycles. The van der Waals surface area contributed by atoms with Crippen molar-refractivity contribution in [2.24, 2.45) is 0 Å². The highest BCUT2D eigenvalue weighted by molar-refractivity contribution is 14.1. The minimum atomic E-state index is 0.670. The lowest BCUT2D eigenvalue weighted by Gasteiger charge is -2.15. The summed E-state index contributed by atoms with van der Waals surface area (Å²) in [6.45, 7) is 0. The number of nitrogens with two attached hydrogens (primary N) is 1. The highest BCUT2D eigenvalue weighted by atomic mass is 127. The number of fused-ring (bicyclic) bond motifs is 6. The van der Waals surface area contributed by atoms with Crippen molar-refractivity contribution in [2.45, 2.75) is 0 Å². The molecule has 0 atom stereocenters.